The lowest BCUT2D eigenvalue weighted by molar-refractivity contribution is 0.569. The fraction of sp³-hybridized carbons (Fsp3) is 0.163. The molecule has 2 aliphatic rings. The number of anilines is 6. The van der Waals surface area contributed by atoms with Crippen LogP contribution in [0.1, 0.15) is 110 Å². The maximum atomic E-state index is 9.52. The van der Waals surface area contributed by atoms with Gasteiger partial charge in [-0.25, -0.2) is 0 Å². The molecule has 0 aliphatic carbocycles. The van der Waals surface area contributed by atoms with Crippen molar-refractivity contribution in [2.24, 2.45) is 0 Å². The van der Waals surface area contributed by atoms with Gasteiger partial charge in [0.15, 0.2) is 0 Å². The van der Waals surface area contributed by atoms with Crippen molar-refractivity contribution in [3.05, 3.63) is 295 Å². The monoisotopic (exact) mass is 1150 g/mol. The average Bonchev–Trinajstić information content (AvgIpc) is 0.688. The van der Waals surface area contributed by atoms with Crippen LogP contribution in [0.3, 0.4) is 0 Å². The van der Waals surface area contributed by atoms with Crippen LogP contribution in [0.25, 0.3) is 77.9 Å². The molecule has 89 heavy (non-hydrogen) atoms. The highest BCUT2D eigenvalue weighted by atomic mass is 15.2. The van der Waals surface area contributed by atoms with Gasteiger partial charge in [-0.1, -0.05) is 318 Å². The van der Waals surface area contributed by atoms with Crippen molar-refractivity contribution < 1.29 is 6.85 Å². The summed E-state index contributed by atoms with van der Waals surface area (Å²) >= 11 is 0. The van der Waals surface area contributed by atoms with Crippen LogP contribution in [-0.2, 0) is 10.8 Å². The normalized spacial score (nSPS) is 13.5. The van der Waals surface area contributed by atoms with E-state index in [1.807, 2.05) is 6.07 Å². The highest BCUT2D eigenvalue weighted by Crippen LogP contribution is 2.54. The van der Waals surface area contributed by atoms with Crippen LogP contribution in [-0.4, -0.2) is 6.71 Å². The Morgan fingerprint density at radius 2 is 0.775 bits per heavy atom. The second kappa shape index (κ2) is 22.8. The number of hydrogen-bond donors (Lipinski definition) is 0. The third-order valence-corrected chi connectivity index (χ3v) is 18.4. The Labute approximate surface area is 536 Å². The zero-order chi connectivity index (χ0) is 65.6. The number of benzene rings is 12. The zero-order valence-corrected chi connectivity index (χ0v) is 52.7. The summed E-state index contributed by atoms with van der Waals surface area (Å²) in [7, 11) is 0. The van der Waals surface area contributed by atoms with Crippen LogP contribution in [0.2, 0.25) is 0 Å². The van der Waals surface area contributed by atoms with Crippen LogP contribution in [0, 0.1) is 0 Å². The molecule has 0 aromatic heterocycles. The van der Waals surface area contributed by atoms with E-state index in [9.17, 15) is 2.74 Å². The topological polar surface area (TPSA) is 6.48 Å². The molecule has 2 aliphatic heterocycles. The van der Waals surface area contributed by atoms with E-state index in [1.54, 1.807) is 0 Å². The third-order valence-electron chi connectivity index (χ3n) is 18.4. The maximum absolute atomic E-state index is 9.52. The van der Waals surface area contributed by atoms with E-state index in [2.05, 4.69) is 316 Å². The smallest absolute Gasteiger partial charge is 0.252 e. The number of nitrogens with zero attached hydrogens (tertiary/aromatic N) is 2. The quantitative estimate of drug-likeness (QED) is 0.119. The van der Waals surface area contributed by atoms with Gasteiger partial charge in [-0.3, -0.25) is 0 Å². The molecule has 2 nitrogen and oxygen atoms in total. The van der Waals surface area contributed by atoms with Gasteiger partial charge in [0, 0.05) is 45.0 Å². The van der Waals surface area contributed by atoms with Crippen LogP contribution in [0.5, 0.6) is 0 Å². The van der Waals surface area contributed by atoms with Crippen molar-refractivity contribution in [2.45, 2.75) is 91.9 Å². The second-order valence-electron chi connectivity index (χ2n) is 26.9. The molecule has 434 valence electrons. The first-order valence-electron chi connectivity index (χ1n) is 34.1. The predicted molar refractivity (Wildman–Crippen MR) is 384 cm³/mol. The summed E-state index contributed by atoms with van der Waals surface area (Å²) < 4.78 is 45.8. The first kappa shape index (κ1) is 51.4. The van der Waals surface area contributed by atoms with Gasteiger partial charge in [0.05, 0.1) is 18.2 Å². The number of fused-ring (bicyclic) bond motifs is 4. The SMILES string of the molecule is [2H]c1c([2H])c([2H])c(-c2ccc3c(c2)B2c4ccc(-c5cc(C(C)(C)C)cc(C(C)(C)C)c5)cc4N(c4c(-c5ccccc5)cccc4-c4ccccc4)c4cc(-c5ccc(C(C)C)cc5C(C)C)cc(c42)N3c2c(-c3ccccc3)cccc2-c2ccccc2)c([2H])c1[2H]. The van der Waals surface area contributed by atoms with Gasteiger partial charge >= 0.3 is 0 Å². The largest absolute Gasteiger partial charge is 0.310 e. The summed E-state index contributed by atoms with van der Waals surface area (Å²) in [5.41, 5.74) is 27.5. The molecule has 12 aromatic carbocycles. The minimum absolute atomic E-state index is 0.140. The first-order chi connectivity index (χ1) is 45.2. The van der Waals surface area contributed by atoms with E-state index < -0.39 is 12.8 Å². The highest BCUT2D eigenvalue weighted by molar-refractivity contribution is 7.00. The van der Waals surface area contributed by atoms with Gasteiger partial charge in [-0.2, -0.15) is 0 Å². The molecule has 2 heterocycles. The van der Waals surface area contributed by atoms with Crippen LogP contribution >= 0.6 is 0 Å². The second-order valence-corrected chi connectivity index (χ2v) is 26.9. The minimum Gasteiger partial charge on any atom is -0.310 e. The van der Waals surface area contributed by atoms with E-state index in [-0.39, 0.29) is 46.5 Å². The van der Waals surface area contributed by atoms with E-state index in [0.717, 1.165) is 117 Å². The zero-order valence-electron chi connectivity index (χ0n) is 57.7. The van der Waals surface area contributed by atoms with Crippen molar-refractivity contribution in [3.8, 4) is 77.9 Å². The summed E-state index contributed by atoms with van der Waals surface area (Å²) in [4.78, 5) is 5.11. The minimum atomic E-state index is -0.456. The van der Waals surface area contributed by atoms with Gasteiger partial charge < -0.3 is 9.80 Å². The van der Waals surface area contributed by atoms with Crippen molar-refractivity contribution in [1.29, 1.82) is 0 Å². The molecule has 0 saturated carbocycles. The molecule has 0 unspecified atom stereocenters. The molecule has 12 aromatic rings. The molecule has 0 atom stereocenters. The molecular weight excluding hydrogens is 1070 g/mol. The fourth-order valence-corrected chi connectivity index (χ4v) is 13.7. The van der Waals surface area contributed by atoms with Gasteiger partial charge in [0.25, 0.3) is 6.71 Å². The molecule has 0 bridgehead atoms. The summed E-state index contributed by atoms with van der Waals surface area (Å²) in [6.07, 6.45) is 0. The van der Waals surface area contributed by atoms with Crippen molar-refractivity contribution in [2.75, 3.05) is 9.80 Å². The molecule has 0 N–H and O–H groups in total. The predicted octanol–water partition coefficient (Wildman–Crippen LogP) is 22.3. The highest BCUT2D eigenvalue weighted by Gasteiger charge is 2.46. The lowest BCUT2D eigenvalue weighted by atomic mass is 9.33. The molecule has 0 spiro atoms. The number of hydrogen-bond acceptors (Lipinski definition) is 2. The van der Waals surface area contributed by atoms with Gasteiger partial charge in [0.1, 0.15) is 0 Å². The Bertz CT molecular complexity index is 4760. The van der Waals surface area contributed by atoms with Crippen LogP contribution in [0.15, 0.2) is 273 Å². The van der Waals surface area contributed by atoms with Gasteiger partial charge in [0.2, 0.25) is 0 Å². The Balaban J connectivity index is 1.21. The first-order valence-corrected chi connectivity index (χ1v) is 31.6. The molecule has 0 amide bonds. The van der Waals surface area contributed by atoms with E-state index >= 15 is 0 Å². The lowest BCUT2D eigenvalue weighted by Gasteiger charge is -2.46. The number of rotatable bonds is 11. The van der Waals surface area contributed by atoms with E-state index in [0.29, 0.717) is 11.5 Å². The molecule has 3 heteroatoms. The molecule has 0 fully saturated rings. The Morgan fingerprint density at radius 3 is 1.24 bits per heavy atom. The molecule has 14 rings (SSSR count). The Hall–Kier alpha value is -9.70. The maximum Gasteiger partial charge on any atom is 0.252 e. The Morgan fingerprint density at radius 1 is 0.326 bits per heavy atom. The summed E-state index contributed by atoms with van der Waals surface area (Å²) in [6.45, 7) is 22.5. The van der Waals surface area contributed by atoms with E-state index in [1.165, 1.54) is 22.3 Å². The van der Waals surface area contributed by atoms with Crippen molar-refractivity contribution in [1.82, 2.24) is 0 Å². The van der Waals surface area contributed by atoms with Crippen molar-refractivity contribution >= 4 is 57.2 Å². The fourth-order valence-electron chi connectivity index (χ4n) is 13.7. The third kappa shape index (κ3) is 10.4. The number of para-hydroxylation sites is 2. The van der Waals surface area contributed by atoms with Crippen LogP contribution in [0.4, 0.5) is 34.1 Å². The lowest BCUT2D eigenvalue weighted by Crippen LogP contribution is -2.61. The molecule has 0 radical (unpaired) electrons. The summed E-state index contributed by atoms with van der Waals surface area (Å²) in [5, 5.41) is 0. The van der Waals surface area contributed by atoms with Gasteiger partial charge in [-0.15, -0.1) is 0 Å². The summed E-state index contributed by atoms with van der Waals surface area (Å²) in [5.74, 6) is 0.497. The van der Waals surface area contributed by atoms with Crippen molar-refractivity contribution in [3.63, 3.8) is 0 Å². The summed E-state index contributed by atoms with van der Waals surface area (Å²) in [6, 6.07) is 87.4. The standard InChI is InChI=1S/C86H77BN2/c1-56(2)63-42-45-70(75(50-63)57(3)4)67-53-80-82-81(54-67)89(84-73(61-34-22-14-23-35-61)40-27-41-74(84)62-36-24-15-25-37-62)79-52-65(66-48-68(85(5,6)7)55-69(49-66)86(8,9)10)43-46-76(79)87(82)77-51-64(58-28-16-11-17-29-58)44-47-78(77)88(80)83-71(59-30-18-12-19-31-59)38-26-39-72(83)60-32-20-13-21-33-60/h11-57H,1-10H3/i11D,16D,17D,28D,29D. The van der Waals surface area contributed by atoms with E-state index in [4.69, 9.17) is 4.11 Å². The Kier molecular flexibility index (Phi) is 13.1. The average molecular weight is 1150 g/mol. The van der Waals surface area contributed by atoms with Gasteiger partial charge in [-0.05, 0) is 141 Å². The molecule has 0 saturated heterocycles. The molecular formula is C86H77BN2. The van der Waals surface area contributed by atoms with Crippen LogP contribution < -0.4 is 26.2 Å².